The number of hydrogen-bond acceptors (Lipinski definition) is 2. The fraction of sp³-hybridized carbons (Fsp3) is 0.962. The lowest BCUT2D eigenvalue weighted by Gasteiger charge is -2.34. The van der Waals surface area contributed by atoms with E-state index < -0.39 is 11.4 Å². The standard InChI is InChI=1S/C26H53NO3/c1-6-7-8-9-10-11-12-13-14-15-16-17-18-19-20-24(28)23-27(4,5)22-21-26(2,3)25(29)30/h24,28H,6-23H2,1-5H3/p+1. The minimum absolute atomic E-state index is 0.287. The number of likely N-dealkylation sites (N-methyl/N-ethyl adjacent to an activating group) is 1. The van der Waals surface area contributed by atoms with Crippen LogP contribution in [0.3, 0.4) is 0 Å². The Kier molecular flexibility index (Phi) is 16.7. The van der Waals surface area contributed by atoms with Gasteiger partial charge in [-0.15, -0.1) is 0 Å². The van der Waals surface area contributed by atoms with Crippen LogP contribution in [0.5, 0.6) is 0 Å². The highest BCUT2D eigenvalue weighted by Gasteiger charge is 2.31. The summed E-state index contributed by atoms with van der Waals surface area (Å²) >= 11 is 0. The molecular weight excluding hydrogens is 374 g/mol. The number of hydrogen-bond donors (Lipinski definition) is 2. The van der Waals surface area contributed by atoms with E-state index in [1.54, 1.807) is 13.8 Å². The Labute approximate surface area is 188 Å². The molecule has 2 N–H and O–H groups in total. The molecule has 0 fully saturated rings. The molecule has 0 spiro atoms. The zero-order valence-electron chi connectivity index (χ0n) is 21.1. The molecule has 0 aromatic rings. The van der Waals surface area contributed by atoms with Gasteiger partial charge >= 0.3 is 5.97 Å². The van der Waals surface area contributed by atoms with Gasteiger partial charge in [0.05, 0.1) is 26.1 Å². The Morgan fingerprint density at radius 1 is 0.800 bits per heavy atom. The van der Waals surface area contributed by atoms with Crippen molar-refractivity contribution < 1.29 is 19.5 Å². The maximum atomic E-state index is 11.3. The van der Waals surface area contributed by atoms with Crippen molar-refractivity contribution in [2.45, 2.75) is 130 Å². The number of quaternary nitrogens is 1. The fourth-order valence-corrected chi connectivity index (χ4v) is 4.02. The highest BCUT2D eigenvalue weighted by Crippen LogP contribution is 2.22. The van der Waals surface area contributed by atoms with E-state index in [1.807, 2.05) is 0 Å². The third-order valence-corrected chi connectivity index (χ3v) is 6.52. The zero-order valence-corrected chi connectivity index (χ0v) is 21.1. The van der Waals surface area contributed by atoms with Crippen molar-refractivity contribution in [1.29, 1.82) is 0 Å². The Morgan fingerprint density at radius 3 is 1.60 bits per heavy atom. The number of carboxylic acid groups (broad SMARTS) is 1. The van der Waals surface area contributed by atoms with Gasteiger partial charge in [0.2, 0.25) is 0 Å². The maximum Gasteiger partial charge on any atom is 0.309 e. The summed E-state index contributed by atoms with van der Waals surface area (Å²) in [5.41, 5.74) is -0.699. The Balaban J connectivity index is 3.58. The minimum Gasteiger partial charge on any atom is -0.481 e. The quantitative estimate of drug-likeness (QED) is 0.156. The van der Waals surface area contributed by atoms with Gasteiger partial charge in [0.25, 0.3) is 0 Å². The molecule has 4 nitrogen and oxygen atoms in total. The molecule has 1 atom stereocenters. The van der Waals surface area contributed by atoms with Crippen LogP contribution in [0.2, 0.25) is 0 Å². The van der Waals surface area contributed by atoms with Gasteiger partial charge in [0.15, 0.2) is 0 Å². The van der Waals surface area contributed by atoms with Gasteiger partial charge in [-0.2, -0.15) is 0 Å². The van der Waals surface area contributed by atoms with E-state index in [2.05, 4.69) is 21.0 Å². The molecule has 0 aliphatic rings. The first-order valence-electron chi connectivity index (χ1n) is 12.8. The van der Waals surface area contributed by atoms with Crippen LogP contribution in [0.15, 0.2) is 0 Å². The normalized spacial score (nSPS) is 13.5. The molecule has 0 bridgehead atoms. The van der Waals surface area contributed by atoms with E-state index in [9.17, 15) is 15.0 Å². The Hall–Kier alpha value is -0.610. The van der Waals surface area contributed by atoms with Crippen molar-refractivity contribution in [2.75, 3.05) is 27.2 Å². The SMILES string of the molecule is CCCCCCCCCCCCCCCCC(O)C[N+](C)(C)CCC(C)(C)C(=O)O. The second-order valence-corrected chi connectivity index (χ2v) is 10.8. The van der Waals surface area contributed by atoms with Crippen molar-refractivity contribution >= 4 is 5.97 Å². The van der Waals surface area contributed by atoms with E-state index in [0.717, 1.165) is 19.4 Å². The molecule has 0 aromatic carbocycles. The van der Waals surface area contributed by atoms with E-state index in [1.165, 1.54) is 83.5 Å². The first kappa shape index (κ1) is 29.4. The fourth-order valence-electron chi connectivity index (χ4n) is 4.02. The van der Waals surface area contributed by atoms with Gasteiger partial charge < -0.3 is 14.7 Å². The summed E-state index contributed by atoms with van der Waals surface area (Å²) in [6.07, 6.45) is 20.1. The van der Waals surface area contributed by atoms with Crippen LogP contribution in [-0.4, -0.2) is 54.0 Å². The highest BCUT2D eigenvalue weighted by molar-refractivity contribution is 5.73. The molecule has 0 rings (SSSR count). The second-order valence-electron chi connectivity index (χ2n) is 10.8. The molecule has 0 aliphatic heterocycles. The average Bonchev–Trinajstić information content (AvgIpc) is 2.66. The number of aliphatic hydroxyl groups excluding tert-OH is 1. The number of aliphatic carboxylic acids is 1. The molecule has 0 heterocycles. The summed E-state index contributed by atoms with van der Waals surface area (Å²) < 4.78 is 0.677. The Bertz CT molecular complexity index is 421. The summed E-state index contributed by atoms with van der Waals surface area (Å²) in [4.78, 5) is 11.3. The van der Waals surface area contributed by atoms with Gasteiger partial charge in [-0.1, -0.05) is 96.8 Å². The predicted molar refractivity (Wildman–Crippen MR) is 129 cm³/mol. The minimum atomic E-state index is -0.745. The summed E-state index contributed by atoms with van der Waals surface area (Å²) in [6.45, 7) is 7.31. The molecule has 0 saturated carbocycles. The second kappa shape index (κ2) is 17.0. The molecule has 0 amide bonds. The molecule has 0 aromatic heterocycles. The van der Waals surface area contributed by atoms with Gasteiger partial charge in [0, 0.05) is 6.42 Å². The third kappa shape index (κ3) is 17.1. The first-order chi connectivity index (χ1) is 14.1. The number of aliphatic hydroxyl groups is 1. The first-order valence-corrected chi connectivity index (χ1v) is 12.8. The van der Waals surface area contributed by atoms with Crippen molar-refractivity contribution in [3.63, 3.8) is 0 Å². The lowest BCUT2D eigenvalue weighted by atomic mass is 9.89. The van der Waals surface area contributed by atoms with Crippen LogP contribution in [0.25, 0.3) is 0 Å². The van der Waals surface area contributed by atoms with Crippen LogP contribution in [0, 0.1) is 5.41 Å². The zero-order chi connectivity index (χ0) is 22.9. The summed E-state index contributed by atoms with van der Waals surface area (Å²) in [6, 6.07) is 0. The lowest BCUT2D eigenvalue weighted by molar-refractivity contribution is -0.894. The molecule has 0 radical (unpaired) electrons. The van der Waals surface area contributed by atoms with Crippen LogP contribution >= 0.6 is 0 Å². The third-order valence-electron chi connectivity index (χ3n) is 6.52. The van der Waals surface area contributed by atoms with Crippen LogP contribution in [-0.2, 0) is 4.79 Å². The summed E-state index contributed by atoms with van der Waals surface area (Å²) in [7, 11) is 4.18. The van der Waals surface area contributed by atoms with Crippen molar-refractivity contribution in [3.8, 4) is 0 Å². The van der Waals surface area contributed by atoms with Crippen LogP contribution in [0.1, 0.15) is 124 Å². The molecule has 4 heteroatoms. The summed E-state index contributed by atoms with van der Waals surface area (Å²) in [5, 5.41) is 19.6. The molecule has 0 saturated heterocycles. The topological polar surface area (TPSA) is 57.5 Å². The van der Waals surface area contributed by atoms with E-state index in [4.69, 9.17) is 0 Å². The molecular formula is C26H54NO3+. The average molecular weight is 429 g/mol. The Morgan fingerprint density at radius 2 is 1.20 bits per heavy atom. The van der Waals surface area contributed by atoms with Gasteiger partial charge in [-0.25, -0.2) is 0 Å². The molecule has 0 aliphatic carbocycles. The van der Waals surface area contributed by atoms with E-state index >= 15 is 0 Å². The van der Waals surface area contributed by atoms with Crippen molar-refractivity contribution in [1.82, 2.24) is 0 Å². The maximum absolute atomic E-state index is 11.3. The smallest absolute Gasteiger partial charge is 0.309 e. The van der Waals surface area contributed by atoms with Crippen LogP contribution < -0.4 is 0 Å². The highest BCUT2D eigenvalue weighted by atomic mass is 16.4. The number of carbonyl (C=O) groups is 1. The van der Waals surface area contributed by atoms with Crippen molar-refractivity contribution in [2.24, 2.45) is 5.41 Å². The predicted octanol–water partition coefficient (Wildman–Crippen LogP) is 6.80. The lowest BCUT2D eigenvalue weighted by Crippen LogP contribution is -2.47. The van der Waals surface area contributed by atoms with E-state index in [-0.39, 0.29) is 6.10 Å². The largest absolute Gasteiger partial charge is 0.481 e. The monoisotopic (exact) mass is 428 g/mol. The number of unbranched alkanes of at least 4 members (excludes halogenated alkanes) is 13. The molecule has 180 valence electrons. The van der Waals surface area contributed by atoms with Crippen LogP contribution in [0.4, 0.5) is 0 Å². The summed E-state index contributed by atoms with van der Waals surface area (Å²) in [5.74, 6) is -0.745. The van der Waals surface area contributed by atoms with Gasteiger partial charge in [-0.05, 0) is 20.3 Å². The molecule has 1 unspecified atom stereocenters. The molecule has 30 heavy (non-hydrogen) atoms. The number of nitrogens with zero attached hydrogens (tertiary/aromatic N) is 1. The van der Waals surface area contributed by atoms with Gasteiger partial charge in [0.1, 0.15) is 12.6 Å². The van der Waals surface area contributed by atoms with Crippen molar-refractivity contribution in [3.05, 3.63) is 0 Å². The number of rotatable bonds is 21. The number of carboxylic acids is 1. The van der Waals surface area contributed by atoms with Gasteiger partial charge in [-0.3, -0.25) is 4.79 Å². The van der Waals surface area contributed by atoms with E-state index in [0.29, 0.717) is 17.4 Å².